The second-order valence-electron chi connectivity index (χ2n) is 16.9. The first-order chi connectivity index (χ1) is 25.2. The summed E-state index contributed by atoms with van der Waals surface area (Å²) in [5, 5.41) is 7.00. The number of likely N-dealkylation sites (tertiary alicyclic amines) is 2. The predicted molar refractivity (Wildman–Crippen MR) is 215 cm³/mol. The lowest BCUT2D eigenvalue weighted by Crippen LogP contribution is -2.39. The standard InChI is InChI=1S/C22H36N2O.C22H33NO2.CH4O/c1-17-14-18(2)16-24(15-17)12-3-13-25-22-10-6-20(7-11-22)19-4-8-21(23)9-5-19;1-17-14-18(2)16-23(15-17)12-3-13-25-22-10-6-20(7-11-22)19-4-8-21(24)9-5-19;1-2/h6-7,10-11,17-19,21H,3-5,8-9,12-16,23H2,1-2H3;6-7,10-11,17-19H,3-5,8-9,12-16H2,1-2H3;2H,1H3/t17-,18-,19?,21?;17-,18-;/m00./s1. The third-order valence-corrected chi connectivity index (χ3v) is 11.7. The van der Waals surface area contributed by atoms with Gasteiger partial charge in [0.05, 0.1) is 13.2 Å². The summed E-state index contributed by atoms with van der Waals surface area (Å²) in [6.07, 6.45) is 13.2. The molecule has 4 fully saturated rings. The molecule has 2 aliphatic carbocycles. The Kier molecular flexibility index (Phi) is 18.5. The van der Waals surface area contributed by atoms with Crippen LogP contribution in [0, 0.1) is 23.7 Å². The molecule has 0 radical (unpaired) electrons. The minimum Gasteiger partial charge on any atom is -0.494 e. The summed E-state index contributed by atoms with van der Waals surface area (Å²) in [7, 11) is 1.00. The highest BCUT2D eigenvalue weighted by molar-refractivity contribution is 5.79. The van der Waals surface area contributed by atoms with Gasteiger partial charge < -0.3 is 30.1 Å². The molecule has 0 spiro atoms. The summed E-state index contributed by atoms with van der Waals surface area (Å²) in [5.74, 6) is 6.98. The highest BCUT2D eigenvalue weighted by Crippen LogP contribution is 2.34. The molecule has 2 saturated heterocycles. The second kappa shape index (κ2) is 22.7. The quantitative estimate of drug-likeness (QED) is 0.212. The van der Waals surface area contributed by atoms with Gasteiger partial charge in [-0.15, -0.1) is 0 Å². The molecule has 2 saturated carbocycles. The van der Waals surface area contributed by atoms with Crippen LogP contribution in [0.25, 0.3) is 0 Å². The first kappa shape index (κ1) is 42.3. The highest BCUT2D eigenvalue weighted by atomic mass is 16.5. The molecule has 0 aromatic heterocycles. The van der Waals surface area contributed by atoms with E-state index in [2.05, 4.69) is 86.0 Å². The molecule has 2 aliphatic heterocycles. The van der Waals surface area contributed by atoms with Gasteiger partial charge in [0.15, 0.2) is 0 Å². The largest absolute Gasteiger partial charge is 0.494 e. The number of piperidine rings is 2. The first-order valence-corrected chi connectivity index (χ1v) is 20.8. The molecule has 3 N–H and O–H groups in total. The van der Waals surface area contributed by atoms with Crippen molar-refractivity contribution in [3.8, 4) is 11.5 Å². The zero-order valence-corrected chi connectivity index (χ0v) is 33.4. The number of hydrogen-bond acceptors (Lipinski definition) is 7. The molecule has 2 aromatic carbocycles. The molecule has 2 aromatic rings. The van der Waals surface area contributed by atoms with Crippen molar-refractivity contribution < 1.29 is 19.4 Å². The van der Waals surface area contributed by atoms with Crippen LogP contribution in [0.15, 0.2) is 48.5 Å². The van der Waals surface area contributed by atoms with Crippen LogP contribution >= 0.6 is 0 Å². The van der Waals surface area contributed by atoms with E-state index < -0.39 is 0 Å². The monoisotopic (exact) mass is 720 g/mol. The van der Waals surface area contributed by atoms with Crippen molar-refractivity contribution in [2.24, 2.45) is 29.4 Å². The molecule has 4 aliphatic rings. The Labute approximate surface area is 317 Å². The Morgan fingerprint density at radius 3 is 1.35 bits per heavy atom. The molecule has 7 nitrogen and oxygen atoms in total. The van der Waals surface area contributed by atoms with E-state index >= 15 is 0 Å². The van der Waals surface area contributed by atoms with Crippen LogP contribution in [-0.4, -0.2) is 86.3 Å². The van der Waals surface area contributed by atoms with E-state index in [1.165, 1.54) is 63.0 Å². The zero-order chi connectivity index (χ0) is 37.3. The summed E-state index contributed by atoms with van der Waals surface area (Å²) in [5.41, 5.74) is 8.82. The lowest BCUT2D eigenvalue weighted by atomic mass is 9.82. The maximum Gasteiger partial charge on any atom is 0.132 e. The Hall–Kier alpha value is -2.45. The fourth-order valence-corrected chi connectivity index (χ4v) is 9.30. The molecule has 0 bridgehead atoms. The average Bonchev–Trinajstić information content (AvgIpc) is 3.14. The summed E-state index contributed by atoms with van der Waals surface area (Å²) < 4.78 is 11.9. The van der Waals surface area contributed by atoms with Gasteiger partial charge in [0.1, 0.15) is 17.3 Å². The molecule has 6 rings (SSSR count). The van der Waals surface area contributed by atoms with E-state index in [0.717, 1.165) is 120 Å². The van der Waals surface area contributed by atoms with Gasteiger partial charge >= 0.3 is 0 Å². The molecule has 0 unspecified atom stereocenters. The number of carbonyl (C=O) groups is 1. The second-order valence-corrected chi connectivity index (χ2v) is 16.9. The number of rotatable bonds is 12. The fourth-order valence-electron chi connectivity index (χ4n) is 9.30. The number of aliphatic hydroxyl groups is 1. The Balaban J connectivity index is 0.000000222. The molecular formula is C45H73N3O4. The van der Waals surface area contributed by atoms with Crippen molar-refractivity contribution in [2.45, 2.75) is 123 Å². The summed E-state index contributed by atoms with van der Waals surface area (Å²) in [6, 6.07) is 17.8. The fraction of sp³-hybridized carbons (Fsp3) is 0.711. The molecule has 7 heteroatoms. The SMILES string of the molecule is CO.C[C@H]1C[C@H](C)CN(CCCOc2ccc(C3CCC(=O)CC3)cc2)C1.C[C@H]1C[C@H](C)CN(CCCOc2ccc(C3CCC(N)CC3)cc2)C1. The van der Waals surface area contributed by atoms with Crippen LogP contribution in [0.4, 0.5) is 0 Å². The summed E-state index contributed by atoms with van der Waals surface area (Å²) in [6.45, 7) is 18.4. The van der Waals surface area contributed by atoms with Crippen LogP contribution < -0.4 is 15.2 Å². The zero-order valence-electron chi connectivity index (χ0n) is 33.4. The van der Waals surface area contributed by atoms with Gasteiger partial charge in [-0.25, -0.2) is 0 Å². The minimum atomic E-state index is 0.421. The number of hydrogen-bond donors (Lipinski definition) is 2. The molecule has 4 atom stereocenters. The number of ether oxygens (including phenoxy) is 2. The Bertz CT molecular complexity index is 1230. The van der Waals surface area contributed by atoms with E-state index in [0.29, 0.717) is 23.7 Å². The van der Waals surface area contributed by atoms with Gasteiger partial charge in [-0.1, -0.05) is 52.0 Å². The minimum absolute atomic E-state index is 0.421. The average molecular weight is 720 g/mol. The van der Waals surface area contributed by atoms with Crippen LogP contribution in [0.5, 0.6) is 11.5 Å². The highest BCUT2D eigenvalue weighted by Gasteiger charge is 2.23. The number of nitrogens with two attached hydrogens (primary N) is 1. The lowest BCUT2D eigenvalue weighted by Gasteiger charge is -2.34. The Morgan fingerprint density at radius 2 is 0.962 bits per heavy atom. The topological polar surface area (TPSA) is 88.3 Å². The number of aliphatic hydroxyl groups excluding tert-OH is 1. The number of nitrogens with zero attached hydrogens (tertiary/aromatic N) is 2. The molecule has 52 heavy (non-hydrogen) atoms. The van der Waals surface area contributed by atoms with Crippen molar-refractivity contribution >= 4 is 5.78 Å². The number of carbonyl (C=O) groups excluding carboxylic acids is 1. The van der Waals surface area contributed by atoms with Gasteiger partial charge in [0.2, 0.25) is 0 Å². The van der Waals surface area contributed by atoms with Gasteiger partial charge in [-0.05, 0) is 135 Å². The molecular weight excluding hydrogens is 647 g/mol. The van der Waals surface area contributed by atoms with E-state index in [4.69, 9.17) is 20.3 Å². The molecule has 0 amide bonds. The van der Waals surface area contributed by atoms with Crippen LogP contribution in [0.2, 0.25) is 0 Å². The maximum absolute atomic E-state index is 11.4. The van der Waals surface area contributed by atoms with Crippen molar-refractivity contribution in [2.75, 3.05) is 59.6 Å². The first-order valence-electron chi connectivity index (χ1n) is 20.8. The van der Waals surface area contributed by atoms with Crippen molar-refractivity contribution in [1.29, 1.82) is 0 Å². The van der Waals surface area contributed by atoms with E-state index in [-0.39, 0.29) is 0 Å². The van der Waals surface area contributed by atoms with Crippen molar-refractivity contribution in [1.82, 2.24) is 9.80 Å². The number of benzene rings is 2. The number of ketones is 1. The van der Waals surface area contributed by atoms with Gasteiger partial charge in [0.25, 0.3) is 0 Å². The van der Waals surface area contributed by atoms with E-state index in [9.17, 15) is 4.79 Å². The van der Waals surface area contributed by atoms with Gasteiger partial charge in [-0.3, -0.25) is 4.79 Å². The predicted octanol–water partition coefficient (Wildman–Crippen LogP) is 8.69. The van der Waals surface area contributed by atoms with Crippen LogP contribution in [0.1, 0.15) is 128 Å². The smallest absolute Gasteiger partial charge is 0.132 e. The summed E-state index contributed by atoms with van der Waals surface area (Å²) in [4.78, 5) is 16.6. The Morgan fingerprint density at radius 1 is 0.596 bits per heavy atom. The van der Waals surface area contributed by atoms with Gasteiger partial charge in [0, 0.05) is 65.3 Å². The third-order valence-electron chi connectivity index (χ3n) is 11.7. The van der Waals surface area contributed by atoms with Gasteiger partial charge in [-0.2, -0.15) is 0 Å². The summed E-state index contributed by atoms with van der Waals surface area (Å²) >= 11 is 0. The van der Waals surface area contributed by atoms with Crippen molar-refractivity contribution in [3.05, 3.63) is 59.7 Å². The maximum atomic E-state index is 11.4. The number of Topliss-reactive ketones (excluding diaryl/α,β-unsaturated/α-hetero) is 1. The van der Waals surface area contributed by atoms with E-state index in [1.807, 2.05) is 0 Å². The molecule has 2 heterocycles. The van der Waals surface area contributed by atoms with E-state index in [1.54, 1.807) is 0 Å². The normalized spacial score (nSPS) is 27.5. The van der Waals surface area contributed by atoms with Crippen LogP contribution in [0.3, 0.4) is 0 Å². The lowest BCUT2D eigenvalue weighted by molar-refractivity contribution is -0.120. The van der Waals surface area contributed by atoms with Crippen molar-refractivity contribution in [3.63, 3.8) is 0 Å². The third kappa shape index (κ3) is 14.8. The molecule has 292 valence electrons. The van der Waals surface area contributed by atoms with Crippen LogP contribution in [-0.2, 0) is 4.79 Å².